The molecule has 4 aromatic heterocycles. The van der Waals surface area contributed by atoms with Gasteiger partial charge in [-0.2, -0.15) is 9.46 Å². The van der Waals surface area contributed by atoms with Crippen LogP contribution in [0, 0.1) is 11.8 Å². The number of rotatable bonds is 8. The number of aromatic nitrogens is 4. The van der Waals surface area contributed by atoms with Crippen LogP contribution in [0.15, 0.2) is 84.1 Å². The number of fused-ring (bicyclic) bond motifs is 4. The maximum atomic E-state index is 13.4. The van der Waals surface area contributed by atoms with Crippen molar-refractivity contribution >= 4 is 66.4 Å². The van der Waals surface area contributed by atoms with Crippen LogP contribution in [0.2, 0.25) is 0 Å². The minimum absolute atomic E-state index is 0.102. The monoisotopic (exact) mass is 676 g/mol. The first-order valence-corrected chi connectivity index (χ1v) is 17.4. The lowest BCUT2D eigenvalue weighted by Crippen LogP contribution is -2.27. The first-order valence-electron chi connectivity index (χ1n) is 15.7. The highest BCUT2D eigenvalue weighted by Crippen LogP contribution is 2.34. The number of Topliss-reactive ketones (excluding diaryl/α,β-unsaturated/α-hetero) is 2. The Labute approximate surface area is 282 Å². The van der Waals surface area contributed by atoms with E-state index in [1.54, 1.807) is 22.7 Å². The second kappa shape index (κ2) is 12.4. The summed E-state index contributed by atoms with van der Waals surface area (Å²) in [5, 5.41) is 5.79. The average molecular weight is 677 g/mol. The summed E-state index contributed by atoms with van der Waals surface area (Å²) in [6.07, 6.45) is 8.00. The van der Waals surface area contributed by atoms with E-state index >= 15 is 0 Å². The van der Waals surface area contributed by atoms with Crippen LogP contribution in [-0.2, 0) is 35.3 Å². The number of hydrogen-bond donors (Lipinski definition) is 0. The van der Waals surface area contributed by atoms with Crippen LogP contribution in [0.3, 0.4) is 0 Å². The lowest BCUT2D eigenvalue weighted by molar-refractivity contribution is -0.141. The minimum atomic E-state index is -0.773. The zero-order chi connectivity index (χ0) is 32.8. The molecular formula is C36H28N4O6S2. The van der Waals surface area contributed by atoms with Crippen LogP contribution in [0.5, 0.6) is 0 Å². The summed E-state index contributed by atoms with van der Waals surface area (Å²) in [7, 11) is 0. The van der Waals surface area contributed by atoms with Crippen molar-refractivity contribution < 1.29 is 28.9 Å². The van der Waals surface area contributed by atoms with Gasteiger partial charge in [-0.15, -0.1) is 22.7 Å². The Balaban J connectivity index is 0.863. The zero-order valence-corrected chi connectivity index (χ0v) is 27.2. The Morgan fingerprint density at radius 1 is 0.667 bits per heavy atom. The standard InChI is InChI=1S/C36H28N4O6S2/c41-33(45-39-19-37-27-15-21(9-11-29(27)39)35(43)25-17-47-31-7-3-1-5-23(25)31)13-14-34(42)46-40-20-38-28-16-22(10-12-30(28)40)36(44)26-18-48-32-8-4-2-6-24(26)32/h1-8,13-14,17-22H,9-12,15-16H2/b14-13+. The molecular weight excluding hydrogens is 649 g/mol. The number of ketones is 2. The molecule has 0 radical (unpaired) electrons. The molecule has 10 nitrogen and oxygen atoms in total. The van der Waals surface area contributed by atoms with E-state index < -0.39 is 11.9 Å². The van der Waals surface area contributed by atoms with E-state index in [0.29, 0.717) is 49.9 Å². The summed E-state index contributed by atoms with van der Waals surface area (Å²) < 4.78 is 4.77. The maximum Gasteiger partial charge on any atom is 0.356 e. The molecule has 2 atom stereocenters. The molecule has 0 amide bonds. The topological polar surface area (TPSA) is 122 Å². The van der Waals surface area contributed by atoms with Crippen molar-refractivity contribution in [1.82, 2.24) is 19.4 Å². The molecule has 0 N–H and O–H groups in total. The van der Waals surface area contributed by atoms with Gasteiger partial charge >= 0.3 is 11.9 Å². The number of thiophene rings is 2. The van der Waals surface area contributed by atoms with E-state index in [-0.39, 0.29) is 23.4 Å². The quantitative estimate of drug-likeness (QED) is 0.150. The molecule has 4 heterocycles. The highest BCUT2D eigenvalue weighted by molar-refractivity contribution is 7.18. The predicted octanol–water partition coefficient (Wildman–Crippen LogP) is 5.65. The maximum absolute atomic E-state index is 13.4. The highest BCUT2D eigenvalue weighted by Gasteiger charge is 2.32. The molecule has 0 fully saturated rings. The summed E-state index contributed by atoms with van der Waals surface area (Å²) in [6, 6.07) is 15.8. The summed E-state index contributed by atoms with van der Waals surface area (Å²) in [5.74, 6) is -1.75. The minimum Gasteiger partial charge on any atom is -0.331 e. The largest absolute Gasteiger partial charge is 0.356 e. The fourth-order valence-electron chi connectivity index (χ4n) is 6.70. The van der Waals surface area contributed by atoms with Gasteiger partial charge in [0.15, 0.2) is 11.6 Å². The molecule has 48 heavy (non-hydrogen) atoms. The number of imidazole rings is 2. The van der Waals surface area contributed by atoms with Crippen LogP contribution in [-0.4, -0.2) is 42.9 Å². The van der Waals surface area contributed by atoms with Crippen molar-refractivity contribution in [3.8, 4) is 0 Å². The van der Waals surface area contributed by atoms with E-state index in [0.717, 1.165) is 54.8 Å². The molecule has 0 spiro atoms. The van der Waals surface area contributed by atoms with Gasteiger partial charge in [0.1, 0.15) is 12.7 Å². The van der Waals surface area contributed by atoms with Gasteiger partial charge in [-0.1, -0.05) is 36.4 Å². The molecule has 0 bridgehead atoms. The van der Waals surface area contributed by atoms with Crippen molar-refractivity contribution in [3.05, 3.63) is 118 Å². The van der Waals surface area contributed by atoms with E-state index in [1.165, 1.54) is 22.1 Å². The van der Waals surface area contributed by atoms with Crippen molar-refractivity contribution in [2.45, 2.75) is 38.5 Å². The van der Waals surface area contributed by atoms with Gasteiger partial charge in [0.25, 0.3) is 0 Å². The van der Waals surface area contributed by atoms with E-state index in [9.17, 15) is 19.2 Å². The van der Waals surface area contributed by atoms with Crippen LogP contribution < -0.4 is 9.68 Å². The molecule has 6 aromatic rings. The molecule has 240 valence electrons. The second-order valence-corrected chi connectivity index (χ2v) is 13.8. The lowest BCUT2D eigenvalue weighted by atomic mass is 9.84. The first-order chi connectivity index (χ1) is 23.4. The van der Waals surface area contributed by atoms with E-state index in [1.807, 2.05) is 59.3 Å². The van der Waals surface area contributed by atoms with Gasteiger partial charge in [0.05, 0.1) is 22.8 Å². The molecule has 8 rings (SSSR count). The number of hydrogen-bond acceptors (Lipinski definition) is 10. The number of nitrogens with zero attached hydrogens (tertiary/aromatic N) is 4. The molecule has 0 aliphatic heterocycles. The second-order valence-electron chi connectivity index (χ2n) is 12.0. The van der Waals surface area contributed by atoms with Crippen LogP contribution >= 0.6 is 22.7 Å². The number of carbonyl (C=O) groups is 4. The fraction of sp³-hybridized carbons (Fsp3) is 0.222. The smallest absolute Gasteiger partial charge is 0.331 e. The molecule has 2 aromatic carbocycles. The van der Waals surface area contributed by atoms with Crippen molar-refractivity contribution in [1.29, 1.82) is 0 Å². The van der Waals surface area contributed by atoms with E-state index in [2.05, 4.69) is 9.97 Å². The fourth-order valence-corrected chi connectivity index (χ4v) is 8.60. The van der Waals surface area contributed by atoms with Gasteiger partial charge in [0, 0.05) is 78.9 Å². The molecule has 0 saturated carbocycles. The molecule has 0 saturated heterocycles. The van der Waals surface area contributed by atoms with Gasteiger partial charge in [-0.05, 0) is 37.8 Å². The molecule has 2 aliphatic rings. The summed E-state index contributed by atoms with van der Waals surface area (Å²) in [6.45, 7) is 0. The summed E-state index contributed by atoms with van der Waals surface area (Å²) in [5.41, 5.74) is 4.37. The van der Waals surface area contributed by atoms with Gasteiger partial charge < -0.3 is 9.68 Å². The Morgan fingerprint density at radius 2 is 1.10 bits per heavy atom. The highest BCUT2D eigenvalue weighted by atomic mass is 32.1. The van der Waals surface area contributed by atoms with Crippen LogP contribution in [0.25, 0.3) is 20.2 Å². The summed E-state index contributed by atoms with van der Waals surface area (Å²) >= 11 is 3.13. The molecule has 12 heteroatoms. The van der Waals surface area contributed by atoms with Gasteiger partial charge in [-0.3, -0.25) is 9.59 Å². The average Bonchev–Trinajstić information content (AvgIpc) is 3.92. The van der Waals surface area contributed by atoms with Crippen LogP contribution in [0.4, 0.5) is 0 Å². The third-order valence-electron chi connectivity index (χ3n) is 9.14. The van der Waals surface area contributed by atoms with Crippen molar-refractivity contribution in [2.75, 3.05) is 0 Å². The van der Waals surface area contributed by atoms with Crippen LogP contribution in [0.1, 0.15) is 56.3 Å². The van der Waals surface area contributed by atoms with Gasteiger partial charge in [-0.25, -0.2) is 19.6 Å². The van der Waals surface area contributed by atoms with Crippen molar-refractivity contribution in [3.63, 3.8) is 0 Å². The third kappa shape index (κ3) is 5.56. The Kier molecular flexibility index (Phi) is 7.81. The predicted molar refractivity (Wildman–Crippen MR) is 180 cm³/mol. The van der Waals surface area contributed by atoms with Gasteiger partial charge in [0.2, 0.25) is 0 Å². The van der Waals surface area contributed by atoms with E-state index in [4.69, 9.17) is 9.68 Å². The number of carbonyl (C=O) groups excluding carboxylic acids is 4. The zero-order valence-electron chi connectivity index (χ0n) is 25.5. The lowest BCUT2D eigenvalue weighted by Gasteiger charge is -2.21. The first kappa shape index (κ1) is 30.2. The Hall–Kier alpha value is -5.20. The normalized spacial score (nSPS) is 17.3. The SMILES string of the molecule is O=C(/C=C/C(=O)On1cnc2c1CCC(C(=O)c1csc3ccccc13)C2)On1cnc2c1CCC(C(=O)c1csc3ccccc13)C2. The Bertz CT molecular complexity index is 2120. The molecule has 2 unspecified atom stereocenters. The number of benzene rings is 2. The summed E-state index contributed by atoms with van der Waals surface area (Å²) in [4.78, 5) is 71.6. The Morgan fingerprint density at radius 3 is 1.56 bits per heavy atom. The third-order valence-corrected chi connectivity index (χ3v) is 11.1. The van der Waals surface area contributed by atoms with Crippen molar-refractivity contribution in [2.24, 2.45) is 11.8 Å². The molecule has 2 aliphatic carbocycles.